The molecule has 16 heavy (non-hydrogen) atoms. The normalized spacial score (nSPS) is 27.9. The second-order valence-electron chi connectivity index (χ2n) is 5.09. The molecule has 1 aromatic heterocycles. The van der Waals surface area contributed by atoms with Crippen molar-refractivity contribution in [2.24, 2.45) is 11.8 Å². The fourth-order valence-corrected chi connectivity index (χ4v) is 3.41. The zero-order valence-corrected chi connectivity index (χ0v) is 11.1. The lowest BCUT2D eigenvalue weighted by molar-refractivity contribution is 0.235. The highest BCUT2D eigenvalue weighted by atomic mass is 32.1. The minimum absolute atomic E-state index is 0.646. The average molecular weight is 238 g/mol. The lowest BCUT2D eigenvalue weighted by atomic mass is 9.78. The summed E-state index contributed by atoms with van der Waals surface area (Å²) in [5, 5.41) is 3.50. The Morgan fingerprint density at radius 2 is 2.19 bits per heavy atom. The van der Waals surface area contributed by atoms with E-state index in [2.05, 4.69) is 24.3 Å². The number of hydrogen-bond donors (Lipinski definition) is 1. The number of thiazole rings is 1. The van der Waals surface area contributed by atoms with E-state index in [0.717, 1.165) is 18.3 Å². The maximum atomic E-state index is 4.16. The number of likely N-dealkylation sites (N-methyl/N-ethyl adjacent to an activating group) is 1. The number of nitrogens with one attached hydrogen (secondary N) is 1. The molecule has 0 bridgehead atoms. The van der Waals surface area contributed by atoms with Gasteiger partial charge in [0.1, 0.15) is 0 Å². The molecule has 1 atom stereocenters. The first-order chi connectivity index (χ1) is 7.79. The number of nitrogens with zero attached hydrogens (tertiary/aromatic N) is 1. The zero-order valence-electron chi connectivity index (χ0n) is 10.3. The topological polar surface area (TPSA) is 24.9 Å². The molecule has 1 heterocycles. The van der Waals surface area contributed by atoms with Crippen LogP contribution in [0.4, 0.5) is 0 Å². The molecule has 1 N–H and O–H groups in total. The van der Waals surface area contributed by atoms with Crippen LogP contribution in [0.1, 0.15) is 37.5 Å². The molecule has 2 rings (SSSR count). The fraction of sp³-hybridized carbons (Fsp3) is 0.769. The number of hydrogen-bond acceptors (Lipinski definition) is 3. The molecule has 90 valence electrons. The molecule has 0 radical (unpaired) electrons. The largest absolute Gasteiger partial charge is 0.316 e. The van der Waals surface area contributed by atoms with Crippen molar-refractivity contribution < 1.29 is 0 Å². The maximum absolute atomic E-state index is 4.16. The van der Waals surface area contributed by atoms with Crippen molar-refractivity contribution in [1.29, 1.82) is 0 Å². The van der Waals surface area contributed by atoms with Crippen LogP contribution >= 0.6 is 11.3 Å². The summed E-state index contributed by atoms with van der Waals surface area (Å²) in [7, 11) is 2.10. The van der Waals surface area contributed by atoms with Crippen LogP contribution in [-0.4, -0.2) is 18.1 Å². The molecular weight excluding hydrogens is 216 g/mol. The van der Waals surface area contributed by atoms with Gasteiger partial charge in [0.15, 0.2) is 0 Å². The Morgan fingerprint density at radius 3 is 2.75 bits per heavy atom. The molecule has 1 aliphatic carbocycles. The molecule has 1 unspecified atom stereocenters. The molecule has 1 saturated carbocycles. The summed E-state index contributed by atoms with van der Waals surface area (Å²) in [6, 6.07) is 0.646. The summed E-state index contributed by atoms with van der Waals surface area (Å²) in [5.74, 6) is 1.81. The number of rotatable bonds is 4. The molecule has 2 nitrogen and oxygen atoms in total. The van der Waals surface area contributed by atoms with Crippen molar-refractivity contribution in [1.82, 2.24) is 10.3 Å². The van der Waals surface area contributed by atoms with Gasteiger partial charge < -0.3 is 5.32 Å². The second kappa shape index (κ2) is 5.78. The van der Waals surface area contributed by atoms with Crippen molar-refractivity contribution in [3.63, 3.8) is 0 Å². The van der Waals surface area contributed by atoms with Gasteiger partial charge in [0.05, 0.1) is 5.51 Å². The smallest absolute Gasteiger partial charge is 0.0794 e. The lowest BCUT2D eigenvalue weighted by Crippen LogP contribution is -2.37. The Labute approximate surface area is 102 Å². The average Bonchev–Trinajstić information content (AvgIpc) is 2.80. The highest BCUT2D eigenvalue weighted by Crippen LogP contribution is 2.31. The molecule has 3 heteroatoms. The Balaban J connectivity index is 1.89. The van der Waals surface area contributed by atoms with E-state index < -0.39 is 0 Å². The van der Waals surface area contributed by atoms with E-state index >= 15 is 0 Å². The van der Waals surface area contributed by atoms with Crippen molar-refractivity contribution in [2.45, 2.75) is 45.1 Å². The highest BCUT2D eigenvalue weighted by Gasteiger charge is 2.25. The summed E-state index contributed by atoms with van der Waals surface area (Å²) < 4.78 is 0. The van der Waals surface area contributed by atoms with Crippen molar-refractivity contribution in [2.75, 3.05) is 7.05 Å². The van der Waals surface area contributed by atoms with Gasteiger partial charge in [-0.1, -0.05) is 19.8 Å². The first kappa shape index (κ1) is 12.1. The zero-order chi connectivity index (χ0) is 11.4. The van der Waals surface area contributed by atoms with Gasteiger partial charge in [-0.2, -0.15) is 0 Å². The molecule has 0 amide bonds. The van der Waals surface area contributed by atoms with Crippen molar-refractivity contribution >= 4 is 11.3 Å². The van der Waals surface area contributed by atoms with E-state index in [0.29, 0.717) is 6.04 Å². The van der Waals surface area contributed by atoms with E-state index in [9.17, 15) is 0 Å². The maximum Gasteiger partial charge on any atom is 0.0794 e. The quantitative estimate of drug-likeness (QED) is 0.872. The van der Waals surface area contributed by atoms with E-state index in [1.807, 2.05) is 11.7 Å². The van der Waals surface area contributed by atoms with Gasteiger partial charge in [-0.25, -0.2) is 0 Å². The van der Waals surface area contributed by atoms with Crippen LogP contribution in [0.25, 0.3) is 0 Å². The van der Waals surface area contributed by atoms with Crippen molar-refractivity contribution in [3.05, 3.63) is 16.6 Å². The number of aromatic nitrogens is 1. The SMILES string of the molecule is CNC(Cc1cncs1)C1CCC(C)CC1. The lowest BCUT2D eigenvalue weighted by Gasteiger charge is -2.32. The summed E-state index contributed by atoms with van der Waals surface area (Å²) in [6.07, 6.45) is 8.77. The molecule has 0 spiro atoms. The third kappa shape index (κ3) is 3.05. The summed E-state index contributed by atoms with van der Waals surface area (Å²) in [6.45, 7) is 2.38. The first-order valence-electron chi connectivity index (χ1n) is 6.34. The van der Waals surface area contributed by atoms with Crippen molar-refractivity contribution in [3.8, 4) is 0 Å². The van der Waals surface area contributed by atoms with E-state index in [4.69, 9.17) is 0 Å². The predicted octanol–water partition coefficient (Wildman–Crippen LogP) is 3.10. The first-order valence-corrected chi connectivity index (χ1v) is 7.22. The molecular formula is C13H22N2S. The third-order valence-electron chi connectivity index (χ3n) is 3.90. The van der Waals surface area contributed by atoms with Crippen LogP contribution in [-0.2, 0) is 6.42 Å². The van der Waals surface area contributed by atoms with Gasteiger partial charge in [-0.15, -0.1) is 11.3 Å². The highest BCUT2D eigenvalue weighted by molar-refractivity contribution is 7.09. The van der Waals surface area contributed by atoms with Crippen LogP contribution in [0, 0.1) is 11.8 Å². The molecule has 0 aromatic carbocycles. The van der Waals surface area contributed by atoms with E-state index in [1.54, 1.807) is 11.3 Å². The minimum Gasteiger partial charge on any atom is -0.316 e. The van der Waals surface area contributed by atoms with Crippen LogP contribution in [0.5, 0.6) is 0 Å². The fourth-order valence-electron chi connectivity index (χ4n) is 2.75. The third-order valence-corrected chi connectivity index (χ3v) is 4.71. The van der Waals surface area contributed by atoms with Gasteiger partial charge >= 0.3 is 0 Å². The van der Waals surface area contributed by atoms with Gasteiger partial charge in [0, 0.05) is 17.1 Å². The van der Waals surface area contributed by atoms with Crippen LogP contribution in [0.3, 0.4) is 0 Å². The van der Waals surface area contributed by atoms with Gasteiger partial charge in [-0.3, -0.25) is 4.98 Å². The monoisotopic (exact) mass is 238 g/mol. The van der Waals surface area contributed by atoms with E-state index in [1.165, 1.54) is 30.6 Å². The Bertz CT molecular complexity index is 289. The minimum atomic E-state index is 0.646. The Morgan fingerprint density at radius 1 is 1.44 bits per heavy atom. The summed E-state index contributed by atoms with van der Waals surface area (Å²) in [5.41, 5.74) is 1.94. The van der Waals surface area contributed by atoms with Crippen LogP contribution in [0.2, 0.25) is 0 Å². The molecule has 1 aromatic rings. The predicted molar refractivity (Wildman–Crippen MR) is 69.8 cm³/mol. The summed E-state index contributed by atoms with van der Waals surface area (Å²) in [4.78, 5) is 5.57. The molecule has 0 saturated heterocycles. The summed E-state index contributed by atoms with van der Waals surface area (Å²) >= 11 is 1.78. The molecule has 1 aliphatic rings. The van der Waals surface area contributed by atoms with Crippen LogP contribution < -0.4 is 5.32 Å². The standard InChI is InChI=1S/C13H22N2S/c1-10-3-5-11(6-4-10)13(14-2)7-12-8-15-9-16-12/h8-11,13-14H,3-7H2,1-2H3. The van der Waals surface area contributed by atoms with Gasteiger partial charge in [0.25, 0.3) is 0 Å². The molecule has 1 fully saturated rings. The van der Waals surface area contributed by atoms with E-state index in [-0.39, 0.29) is 0 Å². The van der Waals surface area contributed by atoms with Gasteiger partial charge in [0.2, 0.25) is 0 Å². The Hall–Kier alpha value is -0.410. The van der Waals surface area contributed by atoms with Gasteiger partial charge in [-0.05, 0) is 38.1 Å². The van der Waals surface area contributed by atoms with Crippen LogP contribution in [0.15, 0.2) is 11.7 Å². The Kier molecular flexibility index (Phi) is 4.36. The second-order valence-corrected chi connectivity index (χ2v) is 6.06. The molecule has 0 aliphatic heterocycles.